The molecule has 482 valence electrons. The van der Waals surface area contributed by atoms with Crippen LogP contribution in [-0.4, -0.2) is 82.3 Å². The van der Waals surface area contributed by atoms with Gasteiger partial charge in [0.25, 0.3) is 0 Å². The van der Waals surface area contributed by atoms with Crippen molar-refractivity contribution < 1.29 is 42.9 Å². The highest BCUT2D eigenvalue weighted by Crippen LogP contribution is 2.11. The number of quaternary nitrogens is 1. The monoisotopic (exact) mass is 1200 g/mol. The van der Waals surface area contributed by atoms with Crippen LogP contribution in [0.4, 0.5) is 0 Å². The number of aliphatic carboxylic acids is 1. The van der Waals surface area contributed by atoms with Crippen molar-refractivity contribution in [3.8, 4) is 0 Å². The molecule has 0 aromatic heterocycles. The molecule has 0 heterocycles. The van der Waals surface area contributed by atoms with Crippen LogP contribution >= 0.6 is 0 Å². The van der Waals surface area contributed by atoms with E-state index in [1.54, 1.807) is 0 Å². The largest absolute Gasteiger partial charge is 0.545 e. The van der Waals surface area contributed by atoms with Crippen LogP contribution in [0, 0.1) is 0 Å². The maximum Gasteiger partial charge on any atom is 0.306 e. The molecule has 87 heavy (non-hydrogen) atoms. The number of likely N-dealkylation sites (N-methyl/N-ethyl adjacent to an activating group) is 1. The SMILES string of the molecule is CC/C=C\C/C=C\C/C=C\C/C=C\C/C=C\C/C=C\C/C=C\C/C=C\C/C=C\CCCCCC(=O)OCC(COC(OCC[N+](C)(C)C)C(=O)[O-])OC(=O)CCCCC/C=C\C/C=C\C/C=C\C/C=C\C/C=C\C/C=C\C/C=C\C/C=C\C/C=C\CC. The lowest BCUT2D eigenvalue weighted by Gasteiger charge is -2.26. The number of hydrogen-bond acceptors (Lipinski definition) is 8. The first-order valence-electron chi connectivity index (χ1n) is 32.9. The average molecular weight is 1200 g/mol. The highest BCUT2D eigenvalue weighted by molar-refractivity contribution is 5.70. The minimum Gasteiger partial charge on any atom is -0.545 e. The lowest BCUT2D eigenvalue weighted by Crippen LogP contribution is -2.44. The summed E-state index contributed by atoms with van der Waals surface area (Å²) in [4.78, 5) is 37.4. The molecule has 0 N–H and O–H groups in total. The van der Waals surface area contributed by atoms with E-state index in [2.05, 4.69) is 233 Å². The fourth-order valence-electron chi connectivity index (χ4n) is 7.75. The zero-order valence-electron chi connectivity index (χ0n) is 54.8. The van der Waals surface area contributed by atoms with Gasteiger partial charge in [0.15, 0.2) is 12.4 Å². The molecular weight excluding hydrogens is 1080 g/mol. The maximum atomic E-state index is 12.9. The number of carboxylic acids is 1. The smallest absolute Gasteiger partial charge is 0.306 e. The summed E-state index contributed by atoms with van der Waals surface area (Å²) in [6, 6.07) is 0. The van der Waals surface area contributed by atoms with Gasteiger partial charge in [-0.1, -0.05) is 245 Å². The van der Waals surface area contributed by atoms with Gasteiger partial charge in [-0.25, -0.2) is 0 Å². The minimum atomic E-state index is -1.66. The lowest BCUT2D eigenvalue weighted by molar-refractivity contribution is -0.870. The van der Waals surface area contributed by atoms with E-state index < -0.39 is 30.3 Å². The molecule has 2 atom stereocenters. The number of carbonyl (C=O) groups is 3. The molecule has 0 saturated heterocycles. The molecule has 9 heteroatoms. The second-order valence-corrected chi connectivity index (χ2v) is 21.9. The Morgan fingerprint density at radius 3 is 0.897 bits per heavy atom. The number of hydrogen-bond donors (Lipinski definition) is 0. The first-order chi connectivity index (χ1) is 42.6. The highest BCUT2D eigenvalue weighted by atomic mass is 16.7. The van der Waals surface area contributed by atoms with Crippen LogP contribution in [0.1, 0.15) is 194 Å². The van der Waals surface area contributed by atoms with Gasteiger partial charge in [-0.05, 0) is 154 Å². The summed E-state index contributed by atoms with van der Waals surface area (Å²) < 4.78 is 22.6. The van der Waals surface area contributed by atoms with Crippen molar-refractivity contribution in [2.75, 3.05) is 47.5 Å². The van der Waals surface area contributed by atoms with E-state index in [1.165, 1.54) is 0 Å². The molecule has 0 rings (SSSR count). The average Bonchev–Trinajstić information content (AvgIpc) is 3.51. The summed E-state index contributed by atoms with van der Waals surface area (Å²) in [6.07, 6.45) is 101. The third-order valence-corrected chi connectivity index (χ3v) is 12.7. The van der Waals surface area contributed by atoms with Gasteiger partial charge in [0.1, 0.15) is 13.2 Å². The fraction of sp³-hybridized carbons (Fsp3) is 0.500. The zero-order valence-corrected chi connectivity index (χ0v) is 54.8. The van der Waals surface area contributed by atoms with Crippen molar-refractivity contribution in [1.29, 1.82) is 0 Å². The predicted octanol–water partition coefficient (Wildman–Crippen LogP) is 19.2. The fourth-order valence-corrected chi connectivity index (χ4v) is 7.75. The van der Waals surface area contributed by atoms with E-state index in [-0.39, 0.29) is 32.7 Å². The van der Waals surface area contributed by atoms with Crippen molar-refractivity contribution >= 4 is 17.9 Å². The minimum absolute atomic E-state index is 0.121. The molecule has 0 aromatic rings. The van der Waals surface area contributed by atoms with Gasteiger partial charge < -0.3 is 33.3 Å². The van der Waals surface area contributed by atoms with Crippen LogP contribution in [-0.2, 0) is 33.3 Å². The molecule has 0 amide bonds. The molecule has 9 nitrogen and oxygen atoms in total. The number of carboxylic acid groups (broad SMARTS) is 1. The standard InChI is InChI=1S/C78H117NO8/c1-6-8-10-12-14-16-18-20-22-24-26-28-30-32-34-36-38-40-42-44-46-48-50-52-54-56-58-60-62-64-66-68-75(80)85-72-74(73-86-78(77(82)83)84-71-70-79(3,4)5)87-76(81)69-67-65-63-61-59-57-55-53-51-49-47-45-43-41-39-37-35-33-31-29-27-25-23-21-19-17-15-13-11-9-7-2/h8-11,14-17,20-23,26-29,32-35,38-41,44-47,50-53,56-59,74,78H,6-7,12-13,18-19,24-25,30-31,36-37,42-43,48-49,54-55,60-73H2,1-5H3/b10-8-,11-9-,16-14-,17-15-,22-20-,23-21-,28-26-,29-27-,34-32-,35-33-,40-38-,41-39-,46-44-,47-45-,52-50-,53-51-,58-56-,59-57-. The molecule has 0 radical (unpaired) electrons. The summed E-state index contributed by atoms with van der Waals surface area (Å²) in [5.74, 6) is -2.41. The topological polar surface area (TPSA) is 111 Å². The van der Waals surface area contributed by atoms with E-state index in [9.17, 15) is 19.5 Å². The Labute approximate surface area is 530 Å². The summed E-state index contributed by atoms with van der Waals surface area (Å²) in [5.41, 5.74) is 0. The Hall–Kier alpha value is -6.39. The quantitative estimate of drug-likeness (QED) is 0.0195. The van der Waals surface area contributed by atoms with Gasteiger partial charge in [0.05, 0.1) is 40.3 Å². The lowest BCUT2D eigenvalue weighted by atomic mass is 10.1. The molecule has 0 bridgehead atoms. The predicted molar refractivity (Wildman–Crippen MR) is 370 cm³/mol. The Morgan fingerprint density at radius 1 is 0.345 bits per heavy atom. The van der Waals surface area contributed by atoms with Crippen LogP contribution in [0.2, 0.25) is 0 Å². The van der Waals surface area contributed by atoms with Crippen molar-refractivity contribution in [2.45, 2.75) is 206 Å². The van der Waals surface area contributed by atoms with Crippen LogP contribution < -0.4 is 5.11 Å². The van der Waals surface area contributed by atoms with E-state index in [0.29, 0.717) is 23.9 Å². The molecule has 2 unspecified atom stereocenters. The summed E-state index contributed by atoms with van der Waals surface area (Å²) in [7, 11) is 5.88. The Bertz CT molecular complexity index is 2230. The van der Waals surface area contributed by atoms with Gasteiger partial charge in [0, 0.05) is 12.8 Å². The Kier molecular flexibility index (Phi) is 60.8. The molecule has 0 spiro atoms. The van der Waals surface area contributed by atoms with Gasteiger partial charge >= 0.3 is 11.9 Å². The van der Waals surface area contributed by atoms with Crippen LogP contribution in [0.3, 0.4) is 0 Å². The summed E-state index contributed by atoms with van der Waals surface area (Å²) >= 11 is 0. The molecule has 0 saturated carbocycles. The Morgan fingerprint density at radius 2 is 0.621 bits per heavy atom. The van der Waals surface area contributed by atoms with Gasteiger partial charge in [-0.3, -0.25) is 9.59 Å². The van der Waals surface area contributed by atoms with Gasteiger partial charge in [-0.2, -0.15) is 0 Å². The third kappa shape index (κ3) is 67.0. The van der Waals surface area contributed by atoms with Crippen molar-refractivity contribution in [2.24, 2.45) is 0 Å². The van der Waals surface area contributed by atoms with Crippen LogP contribution in [0.25, 0.3) is 0 Å². The number of ether oxygens (including phenoxy) is 4. The molecule has 0 aliphatic rings. The van der Waals surface area contributed by atoms with Crippen molar-refractivity contribution in [3.63, 3.8) is 0 Å². The van der Waals surface area contributed by atoms with Crippen LogP contribution in [0.15, 0.2) is 219 Å². The van der Waals surface area contributed by atoms with E-state index in [1.807, 2.05) is 21.1 Å². The maximum absolute atomic E-state index is 12.9. The first-order valence-corrected chi connectivity index (χ1v) is 32.9. The number of allylic oxidation sites excluding steroid dienone is 36. The van der Waals surface area contributed by atoms with E-state index in [4.69, 9.17) is 18.9 Å². The van der Waals surface area contributed by atoms with Gasteiger partial charge in [0.2, 0.25) is 0 Å². The zero-order chi connectivity index (χ0) is 63.3. The number of carbonyl (C=O) groups excluding carboxylic acids is 3. The van der Waals surface area contributed by atoms with Crippen molar-refractivity contribution in [3.05, 3.63) is 219 Å². The molecular formula is C78H117NO8. The molecule has 0 fully saturated rings. The third-order valence-electron chi connectivity index (χ3n) is 12.7. The first kappa shape index (κ1) is 80.6. The molecule has 0 aliphatic heterocycles. The van der Waals surface area contributed by atoms with Crippen molar-refractivity contribution in [1.82, 2.24) is 0 Å². The number of unbranched alkanes of at least 4 members (excludes halogenated alkanes) is 6. The Balaban J connectivity index is 4.41. The number of esters is 2. The highest BCUT2D eigenvalue weighted by Gasteiger charge is 2.22. The molecule has 0 aromatic carbocycles. The second kappa shape index (κ2) is 65.6. The van der Waals surface area contributed by atoms with E-state index in [0.717, 1.165) is 154 Å². The molecule has 0 aliphatic carbocycles. The summed E-state index contributed by atoms with van der Waals surface area (Å²) in [5, 5.41) is 11.8. The number of nitrogens with zero attached hydrogens (tertiary/aromatic N) is 1. The summed E-state index contributed by atoms with van der Waals surface area (Å²) in [6.45, 7) is 4.39. The van der Waals surface area contributed by atoms with Gasteiger partial charge in [-0.15, -0.1) is 0 Å². The normalized spacial score (nSPS) is 14.2. The van der Waals surface area contributed by atoms with E-state index >= 15 is 0 Å². The van der Waals surface area contributed by atoms with Crippen LogP contribution in [0.5, 0.6) is 0 Å². The number of rotatable bonds is 57. The second-order valence-electron chi connectivity index (χ2n) is 21.9.